The molecule has 4 rings (SSSR count). The third-order valence-corrected chi connectivity index (χ3v) is 8.42. The molecule has 0 amide bonds. The van der Waals surface area contributed by atoms with Crippen molar-refractivity contribution in [3.63, 3.8) is 0 Å². The van der Waals surface area contributed by atoms with Gasteiger partial charge in [0.25, 0.3) is 0 Å². The average molecular weight is 380 g/mol. The van der Waals surface area contributed by atoms with Crippen molar-refractivity contribution in [1.82, 2.24) is 0 Å². The van der Waals surface area contributed by atoms with E-state index < -0.39 is 9.16 Å². The minimum absolute atomic E-state index is 1.09. The lowest BCUT2D eigenvalue weighted by atomic mass is 9.96. The lowest BCUT2D eigenvalue weighted by molar-refractivity contribution is 1.03. The Kier molecular flexibility index (Phi) is 4.12. The van der Waals surface area contributed by atoms with E-state index in [1.54, 1.807) is 16.1 Å². The van der Waals surface area contributed by atoms with Gasteiger partial charge in [-0.05, 0) is 89.7 Å². The van der Waals surface area contributed by atoms with Crippen LogP contribution in [-0.4, -0.2) is 32.1 Å². The minimum Gasteiger partial charge on any atom is -0.344 e. The molecule has 0 aliphatic heterocycles. The van der Waals surface area contributed by atoms with Gasteiger partial charge in [0.1, 0.15) is 0 Å². The van der Waals surface area contributed by atoms with Crippen LogP contribution >= 0.6 is 9.16 Å². The van der Waals surface area contributed by atoms with Gasteiger partial charge in [-0.1, -0.05) is 36.4 Å². The van der Waals surface area contributed by atoms with Crippen LogP contribution in [0.15, 0.2) is 59.0 Å². The molecule has 0 atom stereocenters. The van der Waals surface area contributed by atoms with Gasteiger partial charge in [0, 0.05) is 24.8 Å². The molecule has 2 aliphatic carbocycles. The van der Waals surface area contributed by atoms with Crippen LogP contribution in [0.5, 0.6) is 0 Å². The Hall–Kier alpha value is -1.93. The van der Waals surface area contributed by atoms with Gasteiger partial charge in [-0.25, -0.2) is 0 Å². The first kappa shape index (κ1) is 18.4. The van der Waals surface area contributed by atoms with Crippen LogP contribution in [0, 0.1) is 6.92 Å². The highest BCUT2D eigenvalue weighted by molar-refractivity contribution is 8.50. The van der Waals surface area contributed by atoms with E-state index in [1.165, 1.54) is 40.9 Å². The summed E-state index contributed by atoms with van der Waals surface area (Å²) in [6, 6.07) is 15.6. The summed E-state index contributed by atoms with van der Waals surface area (Å²) in [7, 11) is 0.428. The van der Waals surface area contributed by atoms with Crippen molar-refractivity contribution in [2.24, 2.45) is 0 Å². The summed E-state index contributed by atoms with van der Waals surface area (Å²) in [6.45, 7) is 2.20. The zero-order valence-corrected chi connectivity index (χ0v) is 18.5. The molecule has 0 fully saturated rings. The van der Waals surface area contributed by atoms with E-state index in [1.807, 2.05) is 0 Å². The molecule has 144 valence electrons. The standard InChI is InChI=1S/C25H33NS/c1-18-11-7-8-14-23(18)26(2)24-15-9-12-19-20-13-10-16-25(27(3,4,5)6)22(20)17-21(19)24/h7-9,11-12,14-16,27H,10,13,17H2,1-6H3. The van der Waals surface area contributed by atoms with E-state index in [0.717, 1.165) is 6.42 Å². The van der Waals surface area contributed by atoms with Crippen molar-refractivity contribution >= 4 is 26.1 Å². The molecule has 0 spiro atoms. The van der Waals surface area contributed by atoms with E-state index >= 15 is 0 Å². The second-order valence-electron chi connectivity index (χ2n) is 9.99. The van der Waals surface area contributed by atoms with Gasteiger partial charge in [-0.15, -0.1) is 0 Å². The first-order valence-electron chi connectivity index (χ1n) is 9.99. The monoisotopic (exact) mass is 379 g/mol. The number of hydrogen-bond acceptors (Lipinski definition) is 1. The summed E-state index contributed by atoms with van der Waals surface area (Å²) in [5, 5.41) is 0. The summed E-state index contributed by atoms with van der Waals surface area (Å²) in [4.78, 5) is 4.05. The van der Waals surface area contributed by atoms with Gasteiger partial charge in [-0.2, -0.15) is 0 Å². The lowest BCUT2D eigenvalue weighted by Gasteiger charge is -2.51. The maximum atomic E-state index is 2.55. The first-order chi connectivity index (χ1) is 12.6. The van der Waals surface area contributed by atoms with Crippen LogP contribution in [0.4, 0.5) is 11.4 Å². The number of hydrogen-bond donors (Lipinski definition) is 1. The minimum atomic E-state index is -1.79. The number of thiol groups is 1. The van der Waals surface area contributed by atoms with Crippen LogP contribution in [0.3, 0.4) is 0 Å². The van der Waals surface area contributed by atoms with Crippen LogP contribution in [-0.2, 0) is 6.42 Å². The highest BCUT2D eigenvalue weighted by atomic mass is 32.3. The summed E-state index contributed by atoms with van der Waals surface area (Å²) >= 11 is 0. The molecule has 0 unspecified atom stereocenters. The maximum Gasteiger partial charge on any atom is 0.0450 e. The van der Waals surface area contributed by atoms with E-state index in [9.17, 15) is 0 Å². The number of allylic oxidation sites excluding steroid dienone is 3. The van der Waals surface area contributed by atoms with Crippen LogP contribution in [0.25, 0.3) is 5.57 Å². The summed E-state index contributed by atoms with van der Waals surface area (Å²) in [5.41, 5.74) is 10.2. The summed E-state index contributed by atoms with van der Waals surface area (Å²) in [6.07, 6.45) is 16.0. The van der Waals surface area contributed by atoms with Crippen molar-refractivity contribution in [3.8, 4) is 0 Å². The Balaban J connectivity index is 1.80. The molecule has 2 aromatic rings. The Bertz CT molecular complexity index is 976. The molecule has 2 aliphatic rings. The summed E-state index contributed by atoms with van der Waals surface area (Å²) < 4.78 is 0. The van der Waals surface area contributed by atoms with Crippen LogP contribution in [0.1, 0.15) is 29.5 Å². The Labute approximate surface area is 165 Å². The second-order valence-corrected chi connectivity index (χ2v) is 17.6. The maximum absolute atomic E-state index is 2.55. The Morgan fingerprint density at radius 3 is 2.26 bits per heavy atom. The molecule has 1 nitrogen and oxygen atoms in total. The fourth-order valence-corrected chi connectivity index (χ4v) is 6.94. The number of para-hydroxylation sites is 1. The first-order valence-corrected chi connectivity index (χ1v) is 14.0. The van der Waals surface area contributed by atoms with Crippen molar-refractivity contribution in [2.75, 3.05) is 37.0 Å². The van der Waals surface area contributed by atoms with Crippen molar-refractivity contribution in [3.05, 3.63) is 75.7 Å². The third kappa shape index (κ3) is 3.14. The largest absolute Gasteiger partial charge is 0.344 e. The fraction of sp³-hybridized carbons (Fsp3) is 0.360. The van der Waals surface area contributed by atoms with Crippen molar-refractivity contribution in [1.29, 1.82) is 0 Å². The normalized spacial score (nSPS) is 17.7. The van der Waals surface area contributed by atoms with Gasteiger partial charge in [0.2, 0.25) is 0 Å². The van der Waals surface area contributed by atoms with Gasteiger partial charge < -0.3 is 4.90 Å². The molecular weight excluding hydrogens is 346 g/mol. The predicted molar refractivity (Wildman–Crippen MR) is 126 cm³/mol. The molecule has 0 saturated heterocycles. The molecule has 0 N–H and O–H groups in total. The smallest absolute Gasteiger partial charge is 0.0450 e. The molecular formula is C25H33NS. The molecule has 2 aromatic carbocycles. The highest BCUT2D eigenvalue weighted by Gasteiger charge is 2.35. The molecule has 0 aromatic heterocycles. The van der Waals surface area contributed by atoms with Crippen LogP contribution in [0.2, 0.25) is 0 Å². The molecule has 27 heavy (non-hydrogen) atoms. The molecule has 0 radical (unpaired) electrons. The van der Waals surface area contributed by atoms with Gasteiger partial charge >= 0.3 is 0 Å². The summed E-state index contributed by atoms with van der Waals surface area (Å²) in [5.74, 6) is 0. The number of benzene rings is 2. The van der Waals surface area contributed by atoms with E-state index in [4.69, 9.17) is 0 Å². The zero-order chi connectivity index (χ0) is 19.4. The number of anilines is 2. The van der Waals surface area contributed by atoms with Gasteiger partial charge in [-0.3, -0.25) is 9.16 Å². The van der Waals surface area contributed by atoms with Gasteiger partial charge in [0.05, 0.1) is 0 Å². The topological polar surface area (TPSA) is 3.24 Å². The fourth-order valence-electron chi connectivity index (χ4n) is 4.79. The SMILES string of the molecule is Cc1ccccc1N(C)c1cccc2c1CC1=C2CCC=C1[SH](C)(C)(C)C. The van der Waals surface area contributed by atoms with E-state index in [-0.39, 0.29) is 0 Å². The molecule has 0 saturated carbocycles. The molecule has 2 heteroatoms. The van der Waals surface area contributed by atoms with E-state index in [2.05, 4.69) is 92.4 Å². The number of fused-ring (bicyclic) bond motifs is 2. The van der Waals surface area contributed by atoms with Crippen molar-refractivity contribution < 1.29 is 0 Å². The predicted octanol–water partition coefficient (Wildman–Crippen LogP) is 6.34. The molecule has 0 bridgehead atoms. The zero-order valence-electron chi connectivity index (χ0n) is 17.6. The van der Waals surface area contributed by atoms with Crippen LogP contribution < -0.4 is 4.90 Å². The Morgan fingerprint density at radius 1 is 0.852 bits per heavy atom. The average Bonchev–Trinajstić information content (AvgIpc) is 2.98. The van der Waals surface area contributed by atoms with Gasteiger partial charge in [0.15, 0.2) is 0 Å². The Morgan fingerprint density at radius 2 is 1.56 bits per heavy atom. The number of nitrogens with zero attached hydrogens (tertiary/aromatic N) is 1. The third-order valence-electron chi connectivity index (χ3n) is 6.04. The van der Waals surface area contributed by atoms with Crippen molar-refractivity contribution in [2.45, 2.75) is 26.2 Å². The lowest BCUT2D eigenvalue weighted by Crippen LogP contribution is -2.17. The number of rotatable bonds is 3. The second kappa shape index (κ2) is 6.04. The molecule has 0 heterocycles. The highest BCUT2D eigenvalue weighted by Crippen LogP contribution is 2.68. The number of aryl methyl sites for hydroxylation is 1. The van der Waals surface area contributed by atoms with E-state index in [0.29, 0.717) is 0 Å². The quantitative estimate of drug-likeness (QED) is 0.609.